The molecule has 116 heavy (non-hydrogen) atoms. The second-order valence-corrected chi connectivity index (χ2v) is 30.7. The van der Waals surface area contributed by atoms with Crippen molar-refractivity contribution in [1.29, 1.82) is 0 Å². The standard InChI is InChI=1S/C114H78N2/c1-6-23-77(24-7-1)82-47-49-85(50-48-82)96-43-21-45-105(71-96)115-111-59-55-98(80-29-12-4-13-30-80)73-107(111)109-75-100(57-61-113(109)115)101-58-62-114-110(76-101)108-74-99(81-31-14-5-15-32-81)56-60-112(108)116(114)106-46-22-44-97(72-106)92-39-19-37-90(66-92)91-38-20-42-95(67-91)104-69-102(93-40-17-34-87(64-93)79-27-10-3-11-28-79)68-103(70-104)94-41-18-36-89(65-94)84-53-51-83(52-54-84)88-35-16-33-86(63-88)78-25-8-2-9-26-78/h1-65,67-76,92H,66H2. The molecule has 1 aliphatic carbocycles. The number of hydrogen-bond donors (Lipinski definition) is 0. The second-order valence-electron chi connectivity index (χ2n) is 30.7. The molecule has 18 aromatic carbocycles. The van der Waals surface area contributed by atoms with Gasteiger partial charge in [0.1, 0.15) is 0 Å². The van der Waals surface area contributed by atoms with Crippen molar-refractivity contribution in [3.63, 3.8) is 0 Å². The van der Waals surface area contributed by atoms with Gasteiger partial charge in [0.05, 0.1) is 22.1 Å². The van der Waals surface area contributed by atoms with E-state index in [2.05, 4.69) is 464 Å². The monoisotopic (exact) mass is 1470 g/mol. The van der Waals surface area contributed by atoms with Gasteiger partial charge in [-0.2, -0.15) is 0 Å². The van der Waals surface area contributed by atoms with E-state index in [0.29, 0.717) is 0 Å². The highest BCUT2D eigenvalue weighted by atomic mass is 15.0. The van der Waals surface area contributed by atoms with Gasteiger partial charge in [-0.1, -0.05) is 340 Å². The highest BCUT2D eigenvalue weighted by Gasteiger charge is 2.23. The molecule has 1 atom stereocenters. The summed E-state index contributed by atoms with van der Waals surface area (Å²) in [6, 6.07) is 161. The van der Waals surface area contributed by atoms with E-state index in [0.717, 1.165) is 23.3 Å². The van der Waals surface area contributed by atoms with Gasteiger partial charge in [0.15, 0.2) is 0 Å². The van der Waals surface area contributed by atoms with Gasteiger partial charge in [0.2, 0.25) is 0 Å². The second kappa shape index (κ2) is 29.9. The van der Waals surface area contributed by atoms with Gasteiger partial charge in [-0.05, 0) is 272 Å². The predicted molar refractivity (Wildman–Crippen MR) is 491 cm³/mol. The minimum absolute atomic E-state index is 0.148. The Kier molecular flexibility index (Phi) is 17.8. The van der Waals surface area contributed by atoms with Crippen LogP contribution in [0.3, 0.4) is 0 Å². The molecule has 2 heterocycles. The van der Waals surface area contributed by atoms with E-state index >= 15 is 0 Å². The topological polar surface area (TPSA) is 9.86 Å². The van der Waals surface area contributed by atoms with E-state index in [4.69, 9.17) is 0 Å². The zero-order valence-electron chi connectivity index (χ0n) is 64.0. The molecular formula is C114H78N2. The van der Waals surface area contributed by atoms with Gasteiger partial charge in [-0.15, -0.1) is 0 Å². The summed E-state index contributed by atoms with van der Waals surface area (Å²) < 4.78 is 4.95. The average molecular weight is 1480 g/mol. The van der Waals surface area contributed by atoms with Crippen molar-refractivity contribution in [3.8, 4) is 145 Å². The van der Waals surface area contributed by atoms with Crippen molar-refractivity contribution in [2.24, 2.45) is 0 Å². The molecule has 0 aliphatic heterocycles. The van der Waals surface area contributed by atoms with Gasteiger partial charge < -0.3 is 9.13 Å². The maximum absolute atomic E-state index is 2.49. The first kappa shape index (κ1) is 69.0. The Balaban J connectivity index is 0.608. The van der Waals surface area contributed by atoms with Crippen LogP contribution >= 0.6 is 0 Å². The summed E-state index contributed by atoms with van der Waals surface area (Å²) >= 11 is 0. The summed E-state index contributed by atoms with van der Waals surface area (Å²) in [5.74, 6) is 0.148. The molecule has 21 rings (SSSR count). The van der Waals surface area contributed by atoms with Gasteiger partial charge >= 0.3 is 0 Å². The fourth-order valence-corrected chi connectivity index (χ4v) is 17.7. The SMILES string of the molecule is C1=CC(c2cccc(-n3c4ccc(-c5ccccc5)cc4c4cc(-c5ccc6c(c5)c5cc(-c7ccccc7)ccc5n6-c5cccc(-c6ccc(-c7ccccc7)cc6)c5)ccc43)c2)CC(c2cccc(-c3cc(-c4cccc(-c5ccccc5)c4)cc(-c4cccc(-c5ccc(-c6cccc(-c7ccccc7)c6)cc5)c4)c3)c2)=C1. The van der Waals surface area contributed by atoms with Gasteiger partial charge in [0, 0.05) is 38.8 Å². The van der Waals surface area contributed by atoms with Crippen LogP contribution in [0, 0.1) is 0 Å². The average Bonchev–Trinajstić information content (AvgIpc) is 1.58. The smallest absolute Gasteiger partial charge is 0.0541 e. The van der Waals surface area contributed by atoms with Crippen LogP contribution in [0.1, 0.15) is 23.5 Å². The molecule has 2 nitrogen and oxygen atoms in total. The summed E-state index contributed by atoms with van der Waals surface area (Å²) in [4.78, 5) is 0. The normalized spacial score (nSPS) is 12.7. The van der Waals surface area contributed by atoms with E-state index < -0.39 is 0 Å². The zero-order valence-corrected chi connectivity index (χ0v) is 64.0. The summed E-state index contributed by atoms with van der Waals surface area (Å²) in [5.41, 5.74) is 39.2. The van der Waals surface area contributed by atoms with Crippen molar-refractivity contribution in [2.75, 3.05) is 0 Å². The first-order valence-corrected chi connectivity index (χ1v) is 40.2. The largest absolute Gasteiger partial charge is 0.309 e. The summed E-state index contributed by atoms with van der Waals surface area (Å²) in [7, 11) is 0. The van der Waals surface area contributed by atoms with E-state index in [1.54, 1.807) is 0 Å². The van der Waals surface area contributed by atoms with Crippen LogP contribution in [-0.4, -0.2) is 9.13 Å². The third-order valence-corrected chi connectivity index (χ3v) is 23.7. The quantitative estimate of drug-likeness (QED) is 0.0912. The minimum atomic E-state index is 0.148. The lowest BCUT2D eigenvalue weighted by Crippen LogP contribution is -2.03. The third kappa shape index (κ3) is 13.3. The summed E-state index contributed by atoms with van der Waals surface area (Å²) in [6.07, 6.45) is 7.86. The molecule has 0 saturated heterocycles. The Morgan fingerprint density at radius 3 is 0.767 bits per heavy atom. The van der Waals surface area contributed by atoms with Crippen LogP contribution in [0.5, 0.6) is 0 Å². The Hall–Kier alpha value is -15.0. The van der Waals surface area contributed by atoms with Crippen molar-refractivity contribution >= 4 is 49.2 Å². The van der Waals surface area contributed by atoms with Crippen molar-refractivity contribution in [1.82, 2.24) is 9.13 Å². The Morgan fingerprint density at radius 2 is 0.405 bits per heavy atom. The van der Waals surface area contributed by atoms with E-state index in [1.165, 1.54) is 188 Å². The van der Waals surface area contributed by atoms with Crippen LogP contribution < -0.4 is 0 Å². The van der Waals surface area contributed by atoms with Crippen LogP contribution in [0.4, 0.5) is 0 Å². The lowest BCUT2D eigenvalue weighted by Gasteiger charge is -2.21. The number of rotatable bonds is 16. The first-order chi connectivity index (χ1) is 57.4. The number of aromatic nitrogens is 2. The van der Waals surface area contributed by atoms with E-state index in [9.17, 15) is 0 Å². The number of allylic oxidation sites excluding steroid dienone is 4. The highest BCUT2D eigenvalue weighted by Crippen LogP contribution is 2.45. The molecular weight excluding hydrogens is 1400 g/mol. The van der Waals surface area contributed by atoms with Crippen LogP contribution in [0.2, 0.25) is 0 Å². The fraction of sp³-hybridized carbons (Fsp3) is 0.0175. The summed E-state index contributed by atoms with van der Waals surface area (Å²) in [5, 5.41) is 4.85. The lowest BCUT2D eigenvalue weighted by atomic mass is 9.84. The maximum atomic E-state index is 2.49. The van der Waals surface area contributed by atoms with Gasteiger partial charge in [-0.25, -0.2) is 0 Å². The third-order valence-electron chi connectivity index (χ3n) is 23.7. The Bertz CT molecular complexity index is 7160. The molecule has 2 aromatic heterocycles. The van der Waals surface area contributed by atoms with Crippen molar-refractivity contribution in [3.05, 3.63) is 466 Å². The molecule has 0 N–H and O–H groups in total. The Morgan fingerprint density at radius 1 is 0.172 bits per heavy atom. The first-order valence-electron chi connectivity index (χ1n) is 40.2. The van der Waals surface area contributed by atoms with Crippen LogP contribution in [0.15, 0.2) is 455 Å². The molecule has 20 aromatic rings. The maximum Gasteiger partial charge on any atom is 0.0541 e. The highest BCUT2D eigenvalue weighted by molar-refractivity contribution is 6.14. The number of benzene rings is 18. The molecule has 0 radical (unpaired) electrons. The van der Waals surface area contributed by atoms with Crippen LogP contribution in [-0.2, 0) is 0 Å². The van der Waals surface area contributed by atoms with E-state index in [-0.39, 0.29) is 5.92 Å². The molecule has 0 fully saturated rings. The van der Waals surface area contributed by atoms with Crippen molar-refractivity contribution in [2.45, 2.75) is 12.3 Å². The molecule has 1 unspecified atom stereocenters. The molecule has 2 heteroatoms. The number of fused-ring (bicyclic) bond motifs is 6. The molecule has 0 saturated carbocycles. The minimum Gasteiger partial charge on any atom is -0.309 e. The number of nitrogens with zero attached hydrogens (tertiary/aromatic N) is 2. The van der Waals surface area contributed by atoms with Gasteiger partial charge in [-0.3, -0.25) is 0 Å². The van der Waals surface area contributed by atoms with Crippen molar-refractivity contribution < 1.29 is 0 Å². The molecule has 0 amide bonds. The molecule has 0 bridgehead atoms. The summed E-state index contributed by atoms with van der Waals surface area (Å²) in [6.45, 7) is 0. The van der Waals surface area contributed by atoms with E-state index in [1.807, 2.05) is 0 Å². The predicted octanol–water partition coefficient (Wildman–Crippen LogP) is 31.0. The lowest BCUT2D eigenvalue weighted by molar-refractivity contribution is 0.865. The molecule has 0 spiro atoms. The fourth-order valence-electron chi connectivity index (χ4n) is 17.7. The number of hydrogen-bond acceptors (Lipinski definition) is 0. The zero-order chi connectivity index (χ0) is 76.8. The van der Waals surface area contributed by atoms with Gasteiger partial charge in [0.25, 0.3) is 0 Å². The Labute approximate surface area is 677 Å². The van der Waals surface area contributed by atoms with Crippen LogP contribution in [0.25, 0.3) is 194 Å². The molecule has 544 valence electrons. The molecule has 1 aliphatic rings.